The molecule has 4 nitrogen and oxygen atoms in total. The number of hydrogen-bond acceptors (Lipinski definition) is 4. The fraction of sp³-hybridized carbons (Fsp3) is 0.167. The minimum Gasteiger partial charge on any atom is -0.462 e. The lowest BCUT2D eigenvalue weighted by atomic mass is 9.95. The fourth-order valence-corrected chi connectivity index (χ4v) is 3.76. The standard InChI is InChI=1S/C24H20Cl2N2O2/c1-2-30-24(29)18-5-3-4-17(14-18)23-27-21(15-6-10-19(25)11-7-15)22(28-23)16-8-12-20(26)13-9-16/h3-14,21-22H,2H2,1H3,(H,27,28)/t21-,22+. The number of ether oxygens (including phenoxy) is 1. The molecular weight excluding hydrogens is 419 g/mol. The quantitative estimate of drug-likeness (QED) is 0.496. The number of carbonyl (C=O) groups excluding carboxylic acids is 1. The van der Waals surface area contributed by atoms with Crippen LogP contribution >= 0.6 is 23.2 Å². The van der Waals surface area contributed by atoms with Gasteiger partial charge in [-0.15, -0.1) is 0 Å². The molecule has 3 aromatic carbocycles. The second-order valence-electron chi connectivity index (χ2n) is 6.95. The first kappa shape index (κ1) is 20.5. The predicted molar refractivity (Wildman–Crippen MR) is 120 cm³/mol. The topological polar surface area (TPSA) is 50.7 Å². The maximum absolute atomic E-state index is 12.1. The Morgan fingerprint density at radius 1 is 0.967 bits per heavy atom. The Morgan fingerprint density at radius 3 is 2.23 bits per heavy atom. The Kier molecular flexibility index (Phi) is 6.07. The van der Waals surface area contributed by atoms with E-state index in [1.165, 1.54) is 0 Å². The first-order valence-electron chi connectivity index (χ1n) is 9.68. The monoisotopic (exact) mass is 438 g/mol. The maximum atomic E-state index is 12.1. The van der Waals surface area contributed by atoms with Gasteiger partial charge in [-0.1, -0.05) is 59.6 Å². The molecular formula is C24H20Cl2N2O2. The van der Waals surface area contributed by atoms with Gasteiger partial charge >= 0.3 is 5.97 Å². The summed E-state index contributed by atoms with van der Waals surface area (Å²) in [7, 11) is 0. The van der Waals surface area contributed by atoms with Crippen LogP contribution in [0.5, 0.6) is 0 Å². The van der Waals surface area contributed by atoms with Crippen molar-refractivity contribution in [3.05, 3.63) is 105 Å². The first-order valence-corrected chi connectivity index (χ1v) is 10.4. The molecule has 152 valence electrons. The zero-order valence-electron chi connectivity index (χ0n) is 16.3. The van der Waals surface area contributed by atoms with Crippen LogP contribution in [0.4, 0.5) is 0 Å². The van der Waals surface area contributed by atoms with E-state index < -0.39 is 0 Å². The van der Waals surface area contributed by atoms with Crippen molar-refractivity contribution in [3.63, 3.8) is 0 Å². The fourth-order valence-electron chi connectivity index (χ4n) is 3.51. The molecule has 2 atom stereocenters. The molecule has 0 unspecified atom stereocenters. The van der Waals surface area contributed by atoms with Gasteiger partial charge in [0.05, 0.1) is 18.2 Å². The van der Waals surface area contributed by atoms with Gasteiger partial charge in [-0.2, -0.15) is 0 Å². The van der Waals surface area contributed by atoms with Crippen molar-refractivity contribution in [1.29, 1.82) is 0 Å². The summed E-state index contributed by atoms with van der Waals surface area (Å²) in [6.07, 6.45) is 0. The van der Waals surface area contributed by atoms with Crippen LogP contribution in [-0.4, -0.2) is 18.4 Å². The molecule has 0 amide bonds. The van der Waals surface area contributed by atoms with Crippen LogP contribution in [0, 0.1) is 0 Å². The van der Waals surface area contributed by atoms with Gasteiger partial charge in [-0.3, -0.25) is 4.99 Å². The average Bonchev–Trinajstić information content (AvgIpc) is 3.20. The number of nitrogens with zero attached hydrogens (tertiary/aromatic N) is 1. The Morgan fingerprint density at radius 2 is 1.60 bits per heavy atom. The second-order valence-corrected chi connectivity index (χ2v) is 7.82. The van der Waals surface area contributed by atoms with Crippen LogP contribution in [0.15, 0.2) is 77.8 Å². The van der Waals surface area contributed by atoms with E-state index in [4.69, 9.17) is 32.9 Å². The van der Waals surface area contributed by atoms with E-state index >= 15 is 0 Å². The highest BCUT2D eigenvalue weighted by Gasteiger charge is 2.32. The minimum absolute atomic E-state index is 0.0790. The van der Waals surface area contributed by atoms with E-state index in [-0.39, 0.29) is 18.1 Å². The molecule has 0 aliphatic carbocycles. The summed E-state index contributed by atoms with van der Waals surface area (Å²) >= 11 is 12.2. The number of benzene rings is 3. The van der Waals surface area contributed by atoms with Crippen molar-refractivity contribution in [3.8, 4) is 0 Å². The Hall–Kier alpha value is -2.82. The van der Waals surface area contributed by atoms with Crippen molar-refractivity contribution in [2.45, 2.75) is 19.0 Å². The van der Waals surface area contributed by atoms with Crippen LogP contribution in [-0.2, 0) is 4.74 Å². The van der Waals surface area contributed by atoms with Crippen LogP contribution < -0.4 is 5.32 Å². The van der Waals surface area contributed by atoms with Crippen molar-refractivity contribution in [2.75, 3.05) is 6.61 Å². The number of esters is 1. The third kappa shape index (κ3) is 4.35. The van der Waals surface area contributed by atoms with Gasteiger partial charge in [0, 0.05) is 15.6 Å². The summed E-state index contributed by atoms with van der Waals surface area (Å²) in [5.74, 6) is 0.377. The number of hydrogen-bond donors (Lipinski definition) is 1. The van der Waals surface area contributed by atoms with Crippen molar-refractivity contribution in [2.24, 2.45) is 4.99 Å². The van der Waals surface area contributed by atoms with E-state index in [0.717, 1.165) is 22.5 Å². The zero-order valence-corrected chi connectivity index (χ0v) is 17.8. The molecule has 1 aliphatic rings. The molecule has 6 heteroatoms. The summed E-state index contributed by atoms with van der Waals surface area (Å²) in [5, 5.41) is 4.89. The van der Waals surface area contributed by atoms with Gasteiger partial charge in [0.2, 0.25) is 0 Å². The Balaban J connectivity index is 1.71. The molecule has 0 spiro atoms. The lowest BCUT2D eigenvalue weighted by molar-refractivity contribution is 0.0526. The van der Waals surface area contributed by atoms with E-state index in [9.17, 15) is 4.79 Å². The van der Waals surface area contributed by atoms with Gasteiger partial charge in [-0.05, 0) is 54.4 Å². The SMILES string of the molecule is CCOC(=O)c1cccc(C2=N[C@H](c3ccc(Cl)cc3)[C@H](c3ccc(Cl)cc3)N2)c1. The Bertz CT molecular complexity index is 1080. The van der Waals surface area contributed by atoms with Crippen LogP contribution in [0.25, 0.3) is 0 Å². The molecule has 0 saturated carbocycles. The number of amidine groups is 1. The molecule has 4 rings (SSSR count). The normalized spacial score (nSPS) is 17.9. The largest absolute Gasteiger partial charge is 0.462 e. The highest BCUT2D eigenvalue weighted by molar-refractivity contribution is 6.30. The third-order valence-electron chi connectivity index (χ3n) is 4.96. The summed E-state index contributed by atoms with van der Waals surface area (Å²) in [5.41, 5.74) is 3.44. The first-order chi connectivity index (χ1) is 14.5. The van der Waals surface area contributed by atoms with E-state index in [1.54, 1.807) is 19.1 Å². The second kappa shape index (κ2) is 8.90. The molecule has 0 saturated heterocycles. The lowest BCUT2D eigenvalue weighted by Crippen LogP contribution is -2.25. The number of carbonyl (C=O) groups is 1. The molecule has 0 radical (unpaired) electrons. The summed E-state index contributed by atoms with van der Waals surface area (Å²) in [4.78, 5) is 17.1. The lowest BCUT2D eigenvalue weighted by Gasteiger charge is -2.20. The highest BCUT2D eigenvalue weighted by atomic mass is 35.5. The number of aliphatic imine (C=N–C) groups is 1. The minimum atomic E-state index is -0.346. The van der Waals surface area contributed by atoms with Crippen LogP contribution in [0.3, 0.4) is 0 Å². The van der Waals surface area contributed by atoms with Gasteiger partial charge in [0.25, 0.3) is 0 Å². The molecule has 1 aliphatic heterocycles. The molecule has 30 heavy (non-hydrogen) atoms. The van der Waals surface area contributed by atoms with Crippen molar-refractivity contribution >= 4 is 35.0 Å². The average molecular weight is 439 g/mol. The zero-order chi connectivity index (χ0) is 21.1. The predicted octanol–water partition coefficient (Wildman–Crippen LogP) is 6.00. The van der Waals surface area contributed by atoms with Gasteiger partial charge < -0.3 is 10.1 Å². The van der Waals surface area contributed by atoms with Crippen LogP contribution in [0.2, 0.25) is 10.0 Å². The highest BCUT2D eigenvalue weighted by Crippen LogP contribution is 2.37. The molecule has 0 aromatic heterocycles. The van der Waals surface area contributed by atoms with E-state index in [1.807, 2.05) is 60.7 Å². The molecule has 0 fully saturated rings. The van der Waals surface area contributed by atoms with E-state index in [0.29, 0.717) is 22.2 Å². The Labute approximate surface area is 185 Å². The van der Waals surface area contributed by atoms with Crippen LogP contribution in [0.1, 0.15) is 46.1 Å². The van der Waals surface area contributed by atoms with Crippen molar-refractivity contribution in [1.82, 2.24) is 5.32 Å². The third-order valence-corrected chi connectivity index (χ3v) is 5.47. The van der Waals surface area contributed by atoms with E-state index in [2.05, 4.69) is 5.32 Å². The number of halogens is 2. The number of rotatable bonds is 5. The van der Waals surface area contributed by atoms with Gasteiger partial charge in [0.15, 0.2) is 0 Å². The van der Waals surface area contributed by atoms with Gasteiger partial charge in [-0.25, -0.2) is 4.79 Å². The summed E-state index contributed by atoms with van der Waals surface area (Å²) in [6, 6.07) is 22.5. The molecule has 0 bridgehead atoms. The molecule has 1 heterocycles. The smallest absolute Gasteiger partial charge is 0.338 e. The van der Waals surface area contributed by atoms with Crippen molar-refractivity contribution < 1.29 is 9.53 Å². The summed E-state index contributed by atoms with van der Waals surface area (Å²) < 4.78 is 5.12. The van der Waals surface area contributed by atoms with Gasteiger partial charge in [0.1, 0.15) is 11.9 Å². The maximum Gasteiger partial charge on any atom is 0.338 e. The number of nitrogens with one attached hydrogen (secondary N) is 1. The molecule has 1 N–H and O–H groups in total. The molecule has 3 aromatic rings. The summed E-state index contributed by atoms with van der Waals surface area (Å²) in [6.45, 7) is 2.12.